The zero-order valence-corrected chi connectivity index (χ0v) is 21.6. The second-order valence-corrected chi connectivity index (χ2v) is 9.24. The molecule has 12 heteroatoms. The molecule has 0 fully saturated rings. The number of likely N-dealkylation sites (N-methyl/N-ethyl adjacent to an activating group) is 1. The maximum atomic E-state index is 13.1. The molecule has 202 valence electrons. The van der Waals surface area contributed by atoms with E-state index < -0.39 is 11.9 Å². The minimum atomic E-state index is -4.52. The molecule has 0 unspecified atom stereocenters. The normalized spacial score (nSPS) is 13.2. The van der Waals surface area contributed by atoms with E-state index >= 15 is 0 Å². The first-order valence-electron chi connectivity index (χ1n) is 12.2. The Hall–Kier alpha value is -4.32. The number of aryl methyl sites for hydroxylation is 1. The van der Waals surface area contributed by atoms with Crippen molar-refractivity contribution < 1.29 is 22.7 Å². The minimum Gasteiger partial charge on any atom is -0.383 e. The second kappa shape index (κ2) is 10.4. The lowest BCUT2D eigenvalue weighted by Crippen LogP contribution is -2.27. The number of benzene rings is 1. The van der Waals surface area contributed by atoms with Gasteiger partial charge in [0.25, 0.3) is 0 Å². The Balaban J connectivity index is 1.40. The van der Waals surface area contributed by atoms with Crippen LogP contribution in [0.5, 0.6) is 0 Å². The molecule has 1 aliphatic heterocycles. The van der Waals surface area contributed by atoms with Gasteiger partial charge in [-0.05, 0) is 17.7 Å². The van der Waals surface area contributed by atoms with E-state index in [-0.39, 0.29) is 24.7 Å². The van der Waals surface area contributed by atoms with Crippen molar-refractivity contribution in [3.8, 4) is 22.8 Å². The Morgan fingerprint density at radius 2 is 1.87 bits per heavy atom. The summed E-state index contributed by atoms with van der Waals surface area (Å²) in [5.41, 5.74) is 1.85. The van der Waals surface area contributed by atoms with E-state index in [0.29, 0.717) is 36.2 Å². The summed E-state index contributed by atoms with van der Waals surface area (Å²) in [6, 6.07) is 10.6. The van der Waals surface area contributed by atoms with E-state index in [2.05, 4.69) is 15.0 Å². The Morgan fingerprint density at radius 1 is 1.10 bits per heavy atom. The summed E-state index contributed by atoms with van der Waals surface area (Å²) in [7, 11) is 5.07. The number of rotatable bonds is 8. The highest BCUT2D eigenvalue weighted by Crippen LogP contribution is 2.33. The van der Waals surface area contributed by atoms with E-state index in [1.54, 1.807) is 48.7 Å². The van der Waals surface area contributed by atoms with Gasteiger partial charge in [0.1, 0.15) is 17.5 Å². The summed E-state index contributed by atoms with van der Waals surface area (Å²) in [6.45, 7) is 1.41. The molecule has 0 saturated carbocycles. The number of ether oxygens (including phenoxy) is 1. The highest BCUT2D eigenvalue weighted by molar-refractivity contribution is 6.00. The first kappa shape index (κ1) is 26.3. The first-order valence-corrected chi connectivity index (χ1v) is 12.2. The van der Waals surface area contributed by atoms with Gasteiger partial charge in [-0.2, -0.15) is 13.2 Å². The molecule has 1 aliphatic rings. The van der Waals surface area contributed by atoms with Crippen molar-refractivity contribution in [2.24, 2.45) is 7.05 Å². The lowest BCUT2D eigenvalue weighted by atomic mass is 10.1. The van der Waals surface area contributed by atoms with Crippen molar-refractivity contribution in [1.82, 2.24) is 24.5 Å². The number of carbonyl (C=O) groups is 1. The smallest absolute Gasteiger partial charge is 0.383 e. The highest BCUT2D eigenvalue weighted by Gasteiger charge is 2.34. The standard InChI is InChI=1S/C27H26F3N7O2/c1-35(11-12-39-3)26-20(5-4-10-31-26)23-32-14-19-13-22(38)37(25(19)34-23)15-17-6-8-18(9-7-17)24-33-21(16-36(24)2)27(28,29)30/h4-10,14,16H,11-13,15H2,1-3H3. The monoisotopic (exact) mass is 537 g/mol. The molecule has 0 aliphatic carbocycles. The number of anilines is 2. The maximum absolute atomic E-state index is 13.1. The largest absolute Gasteiger partial charge is 0.434 e. The number of halogens is 3. The van der Waals surface area contributed by atoms with Gasteiger partial charge in [0, 0.05) is 57.5 Å². The van der Waals surface area contributed by atoms with E-state index in [9.17, 15) is 18.0 Å². The van der Waals surface area contributed by atoms with Crippen LogP contribution in [0, 0.1) is 0 Å². The summed E-state index contributed by atoms with van der Waals surface area (Å²) in [6.07, 6.45) is 0.00206. The second-order valence-electron chi connectivity index (χ2n) is 9.24. The number of carbonyl (C=O) groups excluding carboxylic acids is 1. The molecule has 5 rings (SSSR count). The lowest BCUT2D eigenvalue weighted by Gasteiger charge is -2.21. The number of methoxy groups -OCH3 is 1. The van der Waals surface area contributed by atoms with Crippen molar-refractivity contribution in [3.63, 3.8) is 0 Å². The molecule has 1 aromatic carbocycles. The van der Waals surface area contributed by atoms with Crippen LogP contribution in [0.3, 0.4) is 0 Å². The summed E-state index contributed by atoms with van der Waals surface area (Å²) in [4.78, 5) is 34.0. The predicted octanol–water partition coefficient (Wildman–Crippen LogP) is 4.13. The number of hydrogen-bond donors (Lipinski definition) is 0. The fourth-order valence-electron chi connectivity index (χ4n) is 4.45. The van der Waals surface area contributed by atoms with Gasteiger partial charge in [0.15, 0.2) is 11.5 Å². The molecule has 0 saturated heterocycles. The SMILES string of the molecule is COCCN(C)c1ncccc1-c1ncc2c(n1)N(Cc1ccc(-c3nc(C(F)(F)F)cn3C)cc1)C(=O)C2. The van der Waals surface area contributed by atoms with Gasteiger partial charge in [-0.15, -0.1) is 0 Å². The fraction of sp³-hybridized carbons (Fsp3) is 0.296. The molecule has 9 nitrogen and oxygen atoms in total. The molecule has 0 spiro atoms. The summed E-state index contributed by atoms with van der Waals surface area (Å²) < 4.78 is 45.7. The molecule has 4 aromatic rings. The number of alkyl halides is 3. The van der Waals surface area contributed by atoms with Crippen LogP contribution in [0.2, 0.25) is 0 Å². The topological polar surface area (TPSA) is 89.3 Å². The molecule has 4 heterocycles. The van der Waals surface area contributed by atoms with Crippen LogP contribution < -0.4 is 9.80 Å². The Labute approximate surface area is 222 Å². The van der Waals surface area contributed by atoms with Crippen molar-refractivity contribution in [3.05, 3.63) is 71.8 Å². The van der Waals surface area contributed by atoms with Crippen LogP contribution in [0.4, 0.5) is 24.8 Å². The van der Waals surface area contributed by atoms with Gasteiger partial charge in [0.05, 0.1) is 25.1 Å². The average Bonchev–Trinajstić information content (AvgIpc) is 3.47. The van der Waals surface area contributed by atoms with Gasteiger partial charge in [-0.3, -0.25) is 9.69 Å². The van der Waals surface area contributed by atoms with Crippen LogP contribution in [0.1, 0.15) is 16.8 Å². The molecular formula is C27H26F3N7O2. The van der Waals surface area contributed by atoms with E-state index in [1.807, 2.05) is 24.1 Å². The molecule has 3 aromatic heterocycles. The van der Waals surface area contributed by atoms with Crippen molar-refractivity contribution in [2.45, 2.75) is 19.1 Å². The zero-order valence-electron chi connectivity index (χ0n) is 21.6. The van der Waals surface area contributed by atoms with Crippen LogP contribution >= 0.6 is 0 Å². The minimum absolute atomic E-state index is 0.108. The Bertz CT molecular complexity index is 1500. The highest BCUT2D eigenvalue weighted by atomic mass is 19.4. The van der Waals surface area contributed by atoms with Crippen LogP contribution in [-0.4, -0.2) is 57.7 Å². The van der Waals surface area contributed by atoms with E-state index in [0.717, 1.165) is 22.9 Å². The lowest BCUT2D eigenvalue weighted by molar-refractivity contribution is -0.140. The van der Waals surface area contributed by atoms with E-state index in [1.165, 1.54) is 11.6 Å². The Morgan fingerprint density at radius 3 is 2.56 bits per heavy atom. The summed E-state index contributed by atoms with van der Waals surface area (Å²) in [5, 5.41) is 0. The van der Waals surface area contributed by atoms with Crippen LogP contribution in [0.25, 0.3) is 22.8 Å². The maximum Gasteiger partial charge on any atom is 0.434 e. The van der Waals surface area contributed by atoms with Crippen LogP contribution in [0.15, 0.2) is 55.0 Å². The number of pyridine rings is 1. The number of imidazole rings is 1. The number of nitrogens with zero attached hydrogens (tertiary/aromatic N) is 7. The van der Waals surface area contributed by atoms with Crippen molar-refractivity contribution in [1.29, 1.82) is 0 Å². The van der Waals surface area contributed by atoms with Crippen molar-refractivity contribution in [2.75, 3.05) is 37.1 Å². The third-order valence-electron chi connectivity index (χ3n) is 6.48. The number of fused-ring (bicyclic) bond motifs is 1. The number of hydrogen-bond acceptors (Lipinski definition) is 7. The average molecular weight is 538 g/mol. The molecule has 0 bridgehead atoms. The number of aromatic nitrogens is 5. The third-order valence-corrected chi connectivity index (χ3v) is 6.48. The van der Waals surface area contributed by atoms with Gasteiger partial charge < -0.3 is 14.2 Å². The van der Waals surface area contributed by atoms with Gasteiger partial charge in [-0.1, -0.05) is 24.3 Å². The third kappa shape index (κ3) is 5.32. The van der Waals surface area contributed by atoms with Crippen LogP contribution in [-0.2, 0) is 35.7 Å². The summed E-state index contributed by atoms with van der Waals surface area (Å²) in [5.74, 6) is 1.78. The van der Waals surface area contributed by atoms with E-state index in [4.69, 9.17) is 9.72 Å². The molecular weight excluding hydrogens is 511 g/mol. The van der Waals surface area contributed by atoms with Crippen molar-refractivity contribution >= 4 is 17.5 Å². The van der Waals surface area contributed by atoms with Gasteiger partial charge in [-0.25, -0.2) is 19.9 Å². The molecule has 39 heavy (non-hydrogen) atoms. The summed E-state index contributed by atoms with van der Waals surface area (Å²) >= 11 is 0. The first-order chi connectivity index (χ1) is 18.7. The van der Waals surface area contributed by atoms with Gasteiger partial charge in [0.2, 0.25) is 5.91 Å². The molecule has 0 N–H and O–H groups in total. The zero-order chi connectivity index (χ0) is 27.7. The molecule has 0 atom stereocenters. The van der Waals surface area contributed by atoms with Gasteiger partial charge >= 0.3 is 6.18 Å². The molecule has 0 radical (unpaired) electrons. The fourth-order valence-corrected chi connectivity index (χ4v) is 4.45. The Kier molecular flexibility index (Phi) is 7.04. The quantitative estimate of drug-likeness (QED) is 0.334. The predicted molar refractivity (Wildman–Crippen MR) is 139 cm³/mol. The number of amides is 1. The molecule has 1 amide bonds.